The second-order valence-corrected chi connectivity index (χ2v) is 3.77. The number of nitrogens with two attached hydrogens (primary N) is 1. The number of nitrogens with zero attached hydrogens (tertiary/aromatic N) is 2. The predicted molar refractivity (Wildman–Crippen MR) is 50.7 cm³/mol. The maximum atomic E-state index is 10.9. The van der Waals surface area contributed by atoms with Crippen LogP contribution in [-0.4, -0.2) is 16.1 Å². The summed E-state index contributed by atoms with van der Waals surface area (Å²) in [5, 5.41) is 8.63. The first-order valence-electron chi connectivity index (χ1n) is 3.70. The van der Waals surface area contributed by atoms with Crippen molar-refractivity contribution >= 4 is 27.3 Å². The number of primary amides is 1. The molecule has 1 amide bonds. The average molecular weight is 193 g/mol. The number of aromatic nitrogens is 2. The number of hydrogen-bond donors (Lipinski definition) is 1. The van der Waals surface area contributed by atoms with E-state index in [1.807, 2.05) is 6.92 Å². The van der Waals surface area contributed by atoms with Crippen molar-refractivity contribution in [1.29, 1.82) is 0 Å². The van der Waals surface area contributed by atoms with Crippen molar-refractivity contribution < 1.29 is 4.79 Å². The molecule has 0 fully saturated rings. The topological polar surface area (TPSA) is 68.9 Å². The first kappa shape index (κ1) is 8.12. The molecule has 13 heavy (non-hydrogen) atoms. The molecule has 2 rings (SSSR count). The second kappa shape index (κ2) is 2.77. The summed E-state index contributed by atoms with van der Waals surface area (Å²) < 4.78 is 0.946. The van der Waals surface area contributed by atoms with Crippen LogP contribution in [0.2, 0.25) is 0 Å². The van der Waals surface area contributed by atoms with Crippen LogP contribution in [0.25, 0.3) is 10.1 Å². The molecule has 0 atom stereocenters. The fraction of sp³-hybridized carbons (Fsp3) is 0.125. The van der Waals surface area contributed by atoms with E-state index in [1.165, 1.54) is 11.3 Å². The molecule has 0 aromatic carbocycles. The van der Waals surface area contributed by atoms with Gasteiger partial charge in [0.25, 0.3) is 5.91 Å². The van der Waals surface area contributed by atoms with E-state index in [4.69, 9.17) is 5.73 Å². The highest BCUT2D eigenvalue weighted by Gasteiger charge is 2.08. The molecule has 5 heteroatoms. The van der Waals surface area contributed by atoms with Gasteiger partial charge < -0.3 is 5.73 Å². The molecule has 0 bridgehead atoms. The summed E-state index contributed by atoms with van der Waals surface area (Å²) in [6, 6.07) is 1.76. The predicted octanol–water partition coefficient (Wildman–Crippen LogP) is 1.10. The zero-order chi connectivity index (χ0) is 9.42. The standard InChI is InChI=1S/C8H7N3OS/c1-4-5-2-6(8(9)12)13-7(5)3-10-11-4/h2-3H,1H3,(H2,9,12). The van der Waals surface area contributed by atoms with Gasteiger partial charge in [0.2, 0.25) is 0 Å². The molecule has 2 aromatic rings. The third-order valence-corrected chi connectivity index (χ3v) is 2.86. The van der Waals surface area contributed by atoms with Crippen LogP contribution in [0.1, 0.15) is 15.4 Å². The zero-order valence-electron chi connectivity index (χ0n) is 6.94. The first-order valence-corrected chi connectivity index (χ1v) is 4.52. The van der Waals surface area contributed by atoms with Crippen molar-refractivity contribution in [3.63, 3.8) is 0 Å². The van der Waals surface area contributed by atoms with Crippen molar-refractivity contribution in [3.05, 3.63) is 22.8 Å². The third kappa shape index (κ3) is 1.27. The maximum absolute atomic E-state index is 10.9. The summed E-state index contributed by atoms with van der Waals surface area (Å²) >= 11 is 1.34. The van der Waals surface area contributed by atoms with Gasteiger partial charge in [0, 0.05) is 5.39 Å². The van der Waals surface area contributed by atoms with Gasteiger partial charge in [-0.05, 0) is 13.0 Å². The van der Waals surface area contributed by atoms with Gasteiger partial charge >= 0.3 is 0 Å². The quantitative estimate of drug-likeness (QED) is 0.737. The monoisotopic (exact) mass is 193 g/mol. The van der Waals surface area contributed by atoms with Crippen LogP contribution in [-0.2, 0) is 0 Å². The van der Waals surface area contributed by atoms with Crippen molar-refractivity contribution in [1.82, 2.24) is 10.2 Å². The normalized spacial score (nSPS) is 10.5. The summed E-state index contributed by atoms with van der Waals surface area (Å²) in [5.74, 6) is -0.402. The molecule has 0 unspecified atom stereocenters. The molecule has 0 saturated heterocycles. The van der Waals surface area contributed by atoms with Gasteiger partial charge in [0.05, 0.1) is 21.5 Å². The summed E-state index contributed by atoms with van der Waals surface area (Å²) in [7, 11) is 0. The highest BCUT2D eigenvalue weighted by molar-refractivity contribution is 7.20. The molecule has 2 N–H and O–H groups in total. The van der Waals surface area contributed by atoms with E-state index in [0.717, 1.165) is 15.8 Å². The molecule has 0 aliphatic rings. The number of fused-ring (bicyclic) bond motifs is 1. The van der Waals surface area contributed by atoms with Gasteiger partial charge in [-0.1, -0.05) is 0 Å². The van der Waals surface area contributed by atoms with Crippen LogP contribution >= 0.6 is 11.3 Å². The molecule has 66 valence electrons. The number of carbonyl (C=O) groups is 1. The minimum absolute atomic E-state index is 0.402. The van der Waals surface area contributed by atoms with Gasteiger partial charge in [-0.25, -0.2) is 0 Å². The molecular weight excluding hydrogens is 186 g/mol. The average Bonchev–Trinajstić information content (AvgIpc) is 2.49. The molecule has 0 aliphatic carbocycles. The van der Waals surface area contributed by atoms with Crippen LogP contribution in [0.3, 0.4) is 0 Å². The maximum Gasteiger partial charge on any atom is 0.258 e. The Morgan fingerprint density at radius 3 is 3.00 bits per heavy atom. The van der Waals surface area contributed by atoms with E-state index in [9.17, 15) is 4.79 Å². The van der Waals surface area contributed by atoms with E-state index in [0.29, 0.717) is 4.88 Å². The lowest BCUT2D eigenvalue weighted by atomic mass is 10.2. The summed E-state index contributed by atoms with van der Waals surface area (Å²) in [6.07, 6.45) is 1.64. The Morgan fingerprint density at radius 2 is 2.38 bits per heavy atom. The Balaban J connectivity index is 2.75. The summed E-state index contributed by atoms with van der Waals surface area (Å²) in [4.78, 5) is 11.4. The fourth-order valence-corrected chi connectivity index (χ4v) is 2.06. The minimum atomic E-state index is -0.402. The van der Waals surface area contributed by atoms with Crippen LogP contribution in [0.5, 0.6) is 0 Å². The third-order valence-electron chi connectivity index (χ3n) is 1.78. The van der Waals surface area contributed by atoms with E-state index >= 15 is 0 Å². The SMILES string of the molecule is Cc1nncc2sc(C(N)=O)cc12. The Kier molecular flexibility index (Phi) is 1.73. The minimum Gasteiger partial charge on any atom is -0.365 e. The van der Waals surface area contributed by atoms with Crippen molar-refractivity contribution in [3.8, 4) is 0 Å². The Morgan fingerprint density at radius 1 is 1.62 bits per heavy atom. The van der Waals surface area contributed by atoms with Crippen molar-refractivity contribution in [2.24, 2.45) is 5.73 Å². The number of hydrogen-bond acceptors (Lipinski definition) is 4. The molecule has 2 aromatic heterocycles. The molecule has 2 heterocycles. The Labute approximate surface area is 78.4 Å². The number of amides is 1. The molecular formula is C8H7N3OS. The number of carbonyl (C=O) groups excluding carboxylic acids is 1. The van der Waals surface area contributed by atoms with Gasteiger partial charge in [-0.2, -0.15) is 10.2 Å². The van der Waals surface area contributed by atoms with E-state index in [-0.39, 0.29) is 0 Å². The Bertz CT molecular complexity index is 477. The van der Waals surface area contributed by atoms with Gasteiger partial charge in [-0.15, -0.1) is 11.3 Å². The molecule has 0 spiro atoms. The molecule has 0 radical (unpaired) electrons. The summed E-state index contributed by atoms with van der Waals surface area (Å²) in [6.45, 7) is 1.85. The van der Waals surface area contributed by atoms with E-state index < -0.39 is 5.91 Å². The van der Waals surface area contributed by atoms with Crippen molar-refractivity contribution in [2.45, 2.75) is 6.92 Å². The van der Waals surface area contributed by atoms with Crippen LogP contribution < -0.4 is 5.73 Å². The highest BCUT2D eigenvalue weighted by atomic mass is 32.1. The van der Waals surface area contributed by atoms with Gasteiger partial charge in [-0.3, -0.25) is 4.79 Å². The second-order valence-electron chi connectivity index (χ2n) is 2.68. The van der Waals surface area contributed by atoms with Gasteiger partial charge in [0.1, 0.15) is 0 Å². The Hall–Kier alpha value is -1.49. The lowest BCUT2D eigenvalue weighted by Crippen LogP contribution is -2.08. The number of thiophene rings is 1. The molecule has 0 saturated carbocycles. The fourth-order valence-electron chi connectivity index (χ4n) is 1.13. The smallest absolute Gasteiger partial charge is 0.258 e. The van der Waals surface area contributed by atoms with E-state index in [2.05, 4.69) is 10.2 Å². The number of aryl methyl sites for hydroxylation is 1. The molecule has 0 aliphatic heterocycles. The van der Waals surface area contributed by atoms with E-state index in [1.54, 1.807) is 12.3 Å². The van der Waals surface area contributed by atoms with Gasteiger partial charge in [0.15, 0.2) is 0 Å². The summed E-state index contributed by atoms with van der Waals surface area (Å²) in [5.41, 5.74) is 5.98. The molecule has 4 nitrogen and oxygen atoms in total. The first-order chi connectivity index (χ1) is 6.18. The van der Waals surface area contributed by atoms with Crippen LogP contribution in [0.15, 0.2) is 12.3 Å². The lowest BCUT2D eigenvalue weighted by Gasteiger charge is -1.89. The zero-order valence-corrected chi connectivity index (χ0v) is 7.76. The largest absolute Gasteiger partial charge is 0.365 e. The van der Waals surface area contributed by atoms with Crippen LogP contribution in [0, 0.1) is 6.92 Å². The number of rotatable bonds is 1. The highest BCUT2D eigenvalue weighted by Crippen LogP contribution is 2.25. The lowest BCUT2D eigenvalue weighted by molar-refractivity contribution is 0.100. The van der Waals surface area contributed by atoms with Crippen molar-refractivity contribution in [2.75, 3.05) is 0 Å². The van der Waals surface area contributed by atoms with Crippen LogP contribution in [0.4, 0.5) is 0 Å².